The van der Waals surface area contributed by atoms with E-state index in [9.17, 15) is 5.11 Å². The van der Waals surface area contributed by atoms with Crippen LogP contribution in [0.5, 0.6) is 0 Å². The number of hydrogen-bond donors (Lipinski definition) is 1. The van der Waals surface area contributed by atoms with E-state index in [1.807, 2.05) is 13.8 Å². The first-order chi connectivity index (χ1) is 8.56. The van der Waals surface area contributed by atoms with Crippen molar-refractivity contribution < 1.29 is 5.11 Å². The van der Waals surface area contributed by atoms with Gasteiger partial charge in [-0.1, -0.05) is 23.8 Å². The first kappa shape index (κ1) is 13.2. The smallest absolute Gasteiger partial charge is 0.0929 e. The molecule has 96 valence electrons. The number of aromatic nitrogens is 1. The predicted molar refractivity (Wildman–Crippen MR) is 76.0 cm³/mol. The summed E-state index contributed by atoms with van der Waals surface area (Å²) in [6.07, 6.45) is 1.18. The first-order valence-electron chi connectivity index (χ1n) is 6.22. The molecule has 1 heterocycles. The number of rotatable bonds is 4. The fourth-order valence-electron chi connectivity index (χ4n) is 2.05. The molecule has 0 aliphatic carbocycles. The van der Waals surface area contributed by atoms with Gasteiger partial charge in [0.1, 0.15) is 0 Å². The number of aliphatic hydroxyl groups is 1. The zero-order valence-corrected chi connectivity index (χ0v) is 11.9. The Morgan fingerprint density at radius 1 is 1.28 bits per heavy atom. The molecule has 2 nitrogen and oxygen atoms in total. The van der Waals surface area contributed by atoms with Crippen molar-refractivity contribution in [1.82, 2.24) is 4.98 Å². The molecule has 0 saturated heterocycles. The highest BCUT2D eigenvalue weighted by Gasteiger charge is 2.11. The summed E-state index contributed by atoms with van der Waals surface area (Å²) in [5.74, 6) is 0. The first-order valence-corrected chi connectivity index (χ1v) is 7.10. The van der Waals surface area contributed by atoms with Gasteiger partial charge >= 0.3 is 0 Å². The van der Waals surface area contributed by atoms with Gasteiger partial charge in [-0.2, -0.15) is 0 Å². The zero-order chi connectivity index (χ0) is 13.1. The number of aliphatic hydroxyl groups excluding tert-OH is 1. The van der Waals surface area contributed by atoms with E-state index < -0.39 is 6.10 Å². The summed E-state index contributed by atoms with van der Waals surface area (Å²) in [5.41, 5.74) is 4.46. The molecule has 0 amide bonds. The molecular formula is C15H19NOS. The molecule has 3 heteroatoms. The Kier molecular flexibility index (Phi) is 4.15. The SMILES string of the molecule is Cc1ccc(C)c(C(O)CCc2nc(C)cs2)c1. The molecule has 18 heavy (non-hydrogen) atoms. The van der Waals surface area contributed by atoms with Gasteiger partial charge in [0.2, 0.25) is 0 Å². The van der Waals surface area contributed by atoms with E-state index >= 15 is 0 Å². The summed E-state index contributed by atoms with van der Waals surface area (Å²) in [6.45, 7) is 6.10. The normalized spacial score (nSPS) is 12.7. The minimum atomic E-state index is -0.394. The van der Waals surface area contributed by atoms with Crippen LogP contribution in [-0.2, 0) is 6.42 Å². The highest BCUT2D eigenvalue weighted by atomic mass is 32.1. The Labute approximate surface area is 112 Å². The molecule has 0 spiro atoms. The van der Waals surface area contributed by atoms with Crippen LogP contribution in [-0.4, -0.2) is 10.1 Å². The Morgan fingerprint density at radius 2 is 2.06 bits per heavy atom. The van der Waals surface area contributed by atoms with Gasteiger partial charge in [-0.25, -0.2) is 4.98 Å². The lowest BCUT2D eigenvalue weighted by molar-refractivity contribution is 0.167. The van der Waals surface area contributed by atoms with E-state index in [-0.39, 0.29) is 0 Å². The van der Waals surface area contributed by atoms with Gasteiger partial charge < -0.3 is 5.11 Å². The molecule has 2 rings (SSSR count). The molecule has 0 radical (unpaired) electrons. The average Bonchev–Trinajstić information content (AvgIpc) is 2.75. The third-order valence-corrected chi connectivity index (χ3v) is 4.12. The quantitative estimate of drug-likeness (QED) is 0.909. The van der Waals surface area contributed by atoms with Gasteiger partial charge in [-0.3, -0.25) is 0 Å². The molecule has 1 aromatic heterocycles. The van der Waals surface area contributed by atoms with Gasteiger partial charge in [-0.05, 0) is 38.3 Å². The number of aryl methyl sites for hydroxylation is 4. The van der Waals surface area contributed by atoms with Crippen LogP contribution in [0, 0.1) is 20.8 Å². The van der Waals surface area contributed by atoms with Crippen LogP contribution in [0.4, 0.5) is 0 Å². The van der Waals surface area contributed by atoms with Gasteiger partial charge in [0, 0.05) is 17.5 Å². The van der Waals surface area contributed by atoms with E-state index in [1.165, 1.54) is 5.56 Å². The molecule has 0 fully saturated rings. The van der Waals surface area contributed by atoms with Crippen molar-refractivity contribution in [2.24, 2.45) is 0 Å². The van der Waals surface area contributed by atoms with E-state index in [0.717, 1.165) is 34.7 Å². The number of benzene rings is 1. The summed E-state index contributed by atoms with van der Waals surface area (Å²) in [7, 11) is 0. The molecule has 0 bridgehead atoms. The Hall–Kier alpha value is -1.19. The lowest BCUT2D eigenvalue weighted by atomic mass is 9.98. The molecule has 1 atom stereocenters. The van der Waals surface area contributed by atoms with Crippen LogP contribution < -0.4 is 0 Å². The maximum absolute atomic E-state index is 10.3. The second-order valence-electron chi connectivity index (χ2n) is 4.80. The van der Waals surface area contributed by atoms with E-state index in [2.05, 4.69) is 35.5 Å². The summed E-state index contributed by atoms with van der Waals surface area (Å²) >= 11 is 1.67. The fraction of sp³-hybridized carbons (Fsp3) is 0.400. The number of hydrogen-bond acceptors (Lipinski definition) is 3. The second kappa shape index (κ2) is 5.63. The standard InChI is InChI=1S/C15H19NOS/c1-10-4-5-11(2)13(8-10)14(17)6-7-15-16-12(3)9-18-15/h4-5,8-9,14,17H,6-7H2,1-3H3. The van der Waals surface area contributed by atoms with Crippen LogP contribution in [0.1, 0.15) is 39.9 Å². The molecule has 1 N–H and O–H groups in total. The van der Waals surface area contributed by atoms with E-state index in [4.69, 9.17) is 0 Å². The van der Waals surface area contributed by atoms with Gasteiger partial charge in [-0.15, -0.1) is 11.3 Å². The van der Waals surface area contributed by atoms with Gasteiger partial charge in [0.25, 0.3) is 0 Å². The van der Waals surface area contributed by atoms with Crippen LogP contribution in [0.2, 0.25) is 0 Å². The van der Waals surface area contributed by atoms with E-state index in [1.54, 1.807) is 11.3 Å². The van der Waals surface area contributed by atoms with Crippen molar-refractivity contribution in [2.45, 2.75) is 39.7 Å². The molecule has 2 aromatic rings. The summed E-state index contributed by atoms with van der Waals surface area (Å²) < 4.78 is 0. The van der Waals surface area contributed by atoms with E-state index in [0.29, 0.717) is 0 Å². The molecule has 0 saturated carbocycles. The summed E-state index contributed by atoms with van der Waals surface area (Å²) in [6, 6.07) is 6.23. The van der Waals surface area contributed by atoms with Crippen molar-refractivity contribution in [2.75, 3.05) is 0 Å². The predicted octanol–water partition coefficient (Wildman–Crippen LogP) is 3.73. The summed E-state index contributed by atoms with van der Waals surface area (Å²) in [5, 5.41) is 13.4. The van der Waals surface area contributed by atoms with Gasteiger partial charge in [0.15, 0.2) is 0 Å². The maximum atomic E-state index is 10.3. The Balaban J connectivity index is 2.03. The lowest BCUT2D eigenvalue weighted by Gasteiger charge is -2.13. The summed E-state index contributed by atoms with van der Waals surface area (Å²) in [4.78, 5) is 4.42. The zero-order valence-electron chi connectivity index (χ0n) is 11.1. The Morgan fingerprint density at radius 3 is 2.72 bits per heavy atom. The van der Waals surface area contributed by atoms with Crippen LogP contribution in [0.15, 0.2) is 23.6 Å². The largest absolute Gasteiger partial charge is 0.388 e. The monoisotopic (exact) mass is 261 g/mol. The van der Waals surface area contributed by atoms with Crippen LogP contribution >= 0.6 is 11.3 Å². The van der Waals surface area contributed by atoms with Gasteiger partial charge in [0.05, 0.1) is 11.1 Å². The van der Waals surface area contributed by atoms with Crippen LogP contribution in [0.3, 0.4) is 0 Å². The van der Waals surface area contributed by atoms with Crippen molar-refractivity contribution in [3.63, 3.8) is 0 Å². The van der Waals surface area contributed by atoms with Crippen molar-refractivity contribution in [3.05, 3.63) is 51.0 Å². The van der Waals surface area contributed by atoms with Crippen molar-refractivity contribution in [1.29, 1.82) is 0 Å². The lowest BCUT2D eigenvalue weighted by Crippen LogP contribution is -2.02. The van der Waals surface area contributed by atoms with Crippen molar-refractivity contribution >= 4 is 11.3 Å². The minimum Gasteiger partial charge on any atom is -0.388 e. The average molecular weight is 261 g/mol. The Bertz CT molecular complexity index is 533. The number of thiazole rings is 1. The molecular weight excluding hydrogens is 242 g/mol. The van der Waals surface area contributed by atoms with Crippen LogP contribution in [0.25, 0.3) is 0 Å². The third-order valence-electron chi connectivity index (χ3n) is 3.09. The topological polar surface area (TPSA) is 33.1 Å². The highest BCUT2D eigenvalue weighted by Crippen LogP contribution is 2.24. The minimum absolute atomic E-state index is 0.394. The molecule has 1 aromatic carbocycles. The number of nitrogens with zero attached hydrogens (tertiary/aromatic N) is 1. The second-order valence-corrected chi connectivity index (χ2v) is 5.74. The molecule has 0 aliphatic heterocycles. The molecule has 0 aliphatic rings. The third kappa shape index (κ3) is 3.18. The fourth-order valence-corrected chi connectivity index (χ4v) is 2.84. The maximum Gasteiger partial charge on any atom is 0.0929 e. The van der Waals surface area contributed by atoms with Crippen molar-refractivity contribution in [3.8, 4) is 0 Å². The molecule has 1 unspecified atom stereocenters. The highest BCUT2D eigenvalue weighted by molar-refractivity contribution is 7.09.